The minimum Gasteiger partial charge on any atom is -0.506 e. The number of rotatable bonds is 10. The Morgan fingerprint density at radius 2 is 0.889 bits per heavy atom. The summed E-state index contributed by atoms with van der Waals surface area (Å²) in [5.74, 6) is 3.50. The van der Waals surface area contributed by atoms with E-state index in [0.29, 0.717) is 46.6 Å². The first-order valence-electron chi connectivity index (χ1n) is 8.88. The molecule has 0 saturated carbocycles. The lowest BCUT2D eigenvalue weighted by Gasteiger charge is -2.32. The predicted octanol–water partition coefficient (Wildman–Crippen LogP) is 4.66. The van der Waals surface area contributed by atoms with Crippen LogP contribution >= 0.6 is 0 Å². The van der Waals surface area contributed by atoms with Gasteiger partial charge in [0.15, 0.2) is 34.5 Å². The van der Waals surface area contributed by atoms with Crippen molar-refractivity contribution in [3.8, 4) is 34.5 Å². The van der Waals surface area contributed by atoms with Crippen molar-refractivity contribution in [2.75, 3.05) is 28.4 Å². The number of hydrogen-bond acceptors (Lipinski definition) is 6. The maximum absolute atomic E-state index is 6.50. The van der Waals surface area contributed by atoms with Gasteiger partial charge in [-0.1, -0.05) is 26.0 Å². The van der Waals surface area contributed by atoms with Crippen LogP contribution in [0.25, 0.3) is 0 Å². The molecule has 0 N–H and O–H groups in total. The van der Waals surface area contributed by atoms with Crippen molar-refractivity contribution in [3.05, 3.63) is 36.4 Å². The molecule has 0 unspecified atom stereocenters. The zero-order valence-corrected chi connectivity index (χ0v) is 17.8. The van der Waals surface area contributed by atoms with Gasteiger partial charge < -0.3 is 27.8 Å². The molecule has 2 aromatic carbocycles. The van der Waals surface area contributed by atoms with Crippen LogP contribution in [0.1, 0.15) is 13.8 Å². The topological polar surface area (TPSA) is 55.4 Å². The highest BCUT2D eigenvalue weighted by Gasteiger charge is 2.41. The maximum atomic E-state index is 6.50. The minimum atomic E-state index is -2.74. The molecule has 6 nitrogen and oxygen atoms in total. The molecule has 0 heterocycles. The Morgan fingerprint density at radius 3 is 1.11 bits per heavy atom. The van der Waals surface area contributed by atoms with Crippen LogP contribution in [-0.2, 0) is 0 Å². The standard InChI is InChI=1S/C20H28O6Si/c1-7-27(8-2,25-19-15(21-3)11-9-12-16(19)22-4)26-20-17(23-5)13-10-14-18(20)24-6/h9-14H,7-8H2,1-6H3. The lowest BCUT2D eigenvalue weighted by Crippen LogP contribution is -2.47. The highest BCUT2D eigenvalue weighted by molar-refractivity contribution is 6.68. The monoisotopic (exact) mass is 392 g/mol. The van der Waals surface area contributed by atoms with Crippen molar-refractivity contribution in [2.24, 2.45) is 0 Å². The molecule has 0 fully saturated rings. The molecule has 0 aliphatic rings. The Morgan fingerprint density at radius 1 is 0.593 bits per heavy atom. The second-order valence-electron chi connectivity index (χ2n) is 5.81. The number of ether oxygens (including phenoxy) is 4. The van der Waals surface area contributed by atoms with Crippen LogP contribution in [0.2, 0.25) is 12.1 Å². The molecule has 7 heteroatoms. The highest BCUT2D eigenvalue weighted by Crippen LogP contribution is 2.43. The van der Waals surface area contributed by atoms with Crippen LogP contribution < -0.4 is 27.8 Å². The first-order chi connectivity index (χ1) is 13.1. The van der Waals surface area contributed by atoms with Gasteiger partial charge in [-0.2, -0.15) is 0 Å². The summed E-state index contributed by atoms with van der Waals surface area (Å²) in [7, 11) is 3.68. The Hall–Kier alpha value is -2.54. The summed E-state index contributed by atoms with van der Waals surface area (Å²) in [6.45, 7) is 4.11. The van der Waals surface area contributed by atoms with E-state index in [1.54, 1.807) is 28.4 Å². The predicted molar refractivity (Wildman–Crippen MR) is 107 cm³/mol. The number of benzene rings is 2. The Kier molecular flexibility index (Phi) is 7.24. The molecular formula is C20H28O6Si. The number of hydrogen-bond donors (Lipinski definition) is 0. The van der Waals surface area contributed by atoms with Crippen LogP contribution in [0.15, 0.2) is 36.4 Å². The summed E-state index contributed by atoms with van der Waals surface area (Å²) in [5, 5.41) is 0. The summed E-state index contributed by atoms with van der Waals surface area (Å²) in [6, 6.07) is 12.5. The smallest absolute Gasteiger partial charge is 0.460 e. The lowest BCUT2D eigenvalue weighted by molar-refractivity contribution is 0.308. The molecule has 0 aromatic heterocycles. The molecule has 0 spiro atoms. The molecule has 0 amide bonds. The van der Waals surface area contributed by atoms with Crippen LogP contribution in [0.5, 0.6) is 34.5 Å². The Bertz CT molecular complexity index is 641. The SMILES string of the molecule is CC[Si](CC)(Oc1c(OC)cccc1OC)Oc1c(OC)cccc1OC. The van der Waals surface area contributed by atoms with Crippen molar-refractivity contribution in [3.63, 3.8) is 0 Å². The number of para-hydroxylation sites is 2. The third-order valence-corrected chi connectivity index (χ3v) is 7.73. The van der Waals surface area contributed by atoms with E-state index in [1.807, 2.05) is 36.4 Å². The van der Waals surface area contributed by atoms with Gasteiger partial charge in [-0.15, -0.1) is 0 Å². The summed E-state index contributed by atoms with van der Waals surface area (Å²) in [4.78, 5) is 0. The molecule has 0 atom stereocenters. The first-order valence-corrected chi connectivity index (χ1v) is 11.1. The lowest BCUT2D eigenvalue weighted by atomic mass is 10.3. The van der Waals surface area contributed by atoms with Crippen LogP contribution in [0, 0.1) is 0 Å². The van der Waals surface area contributed by atoms with Gasteiger partial charge in [-0.05, 0) is 24.3 Å². The van der Waals surface area contributed by atoms with Gasteiger partial charge >= 0.3 is 8.56 Å². The van der Waals surface area contributed by atoms with Crippen LogP contribution in [-0.4, -0.2) is 37.0 Å². The average molecular weight is 393 g/mol. The third kappa shape index (κ3) is 4.42. The fourth-order valence-corrected chi connectivity index (χ4v) is 5.03. The van der Waals surface area contributed by atoms with E-state index >= 15 is 0 Å². The third-order valence-electron chi connectivity index (χ3n) is 4.42. The molecular weight excluding hydrogens is 364 g/mol. The van der Waals surface area contributed by atoms with Crippen LogP contribution in [0.3, 0.4) is 0 Å². The summed E-state index contributed by atoms with van der Waals surface area (Å²) in [6.07, 6.45) is 0. The molecule has 0 radical (unpaired) electrons. The second-order valence-corrected chi connectivity index (χ2v) is 9.45. The van der Waals surface area contributed by atoms with Gasteiger partial charge in [-0.3, -0.25) is 0 Å². The van der Waals surface area contributed by atoms with Crippen LogP contribution in [0.4, 0.5) is 0 Å². The zero-order valence-electron chi connectivity index (χ0n) is 16.8. The van der Waals surface area contributed by atoms with Crippen molar-refractivity contribution < 1.29 is 27.8 Å². The van der Waals surface area contributed by atoms with Crippen molar-refractivity contribution >= 4 is 8.56 Å². The second kappa shape index (κ2) is 9.41. The fourth-order valence-electron chi connectivity index (χ4n) is 2.77. The summed E-state index contributed by atoms with van der Waals surface area (Å²) in [5.41, 5.74) is 0. The van der Waals surface area contributed by atoms with Crippen molar-refractivity contribution in [1.82, 2.24) is 0 Å². The van der Waals surface area contributed by atoms with Gasteiger partial charge in [0.2, 0.25) is 0 Å². The van der Waals surface area contributed by atoms with Crippen molar-refractivity contribution in [2.45, 2.75) is 25.9 Å². The molecule has 0 aliphatic carbocycles. The minimum absolute atomic E-state index is 0.548. The van der Waals surface area contributed by atoms with E-state index in [0.717, 1.165) is 0 Å². The maximum Gasteiger partial charge on any atom is 0.460 e. The van der Waals surface area contributed by atoms with Gasteiger partial charge in [-0.25, -0.2) is 0 Å². The first kappa shape index (κ1) is 20.8. The molecule has 0 aliphatic heterocycles. The molecule has 0 bridgehead atoms. The summed E-state index contributed by atoms with van der Waals surface area (Å²) < 4.78 is 34.9. The van der Waals surface area contributed by atoms with Gasteiger partial charge in [0, 0.05) is 12.1 Å². The highest BCUT2D eigenvalue weighted by atomic mass is 28.4. The van der Waals surface area contributed by atoms with E-state index in [-0.39, 0.29) is 0 Å². The molecule has 0 saturated heterocycles. The summed E-state index contributed by atoms with van der Waals surface area (Å²) >= 11 is 0. The quantitative estimate of drug-likeness (QED) is 0.548. The molecule has 2 aromatic rings. The van der Waals surface area contributed by atoms with Gasteiger partial charge in [0.25, 0.3) is 0 Å². The largest absolute Gasteiger partial charge is 0.506 e. The van der Waals surface area contributed by atoms with Gasteiger partial charge in [0.05, 0.1) is 28.4 Å². The molecule has 2 rings (SSSR count). The van der Waals surface area contributed by atoms with E-state index in [1.165, 1.54) is 0 Å². The molecule has 148 valence electrons. The van der Waals surface area contributed by atoms with E-state index in [9.17, 15) is 0 Å². The molecule has 27 heavy (non-hydrogen) atoms. The number of methoxy groups -OCH3 is 4. The van der Waals surface area contributed by atoms with E-state index < -0.39 is 8.56 Å². The normalized spacial score (nSPS) is 10.9. The zero-order chi connectivity index (χ0) is 19.9. The average Bonchev–Trinajstić information content (AvgIpc) is 2.73. The fraction of sp³-hybridized carbons (Fsp3) is 0.400. The Labute approximate surface area is 162 Å². The van der Waals surface area contributed by atoms with E-state index in [2.05, 4.69) is 13.8 Å². The van der Waals surface area contributed by atoms with E-state index in [4.69, 9.17) is 27.8 Å². The Balaban J connectivity index is 2.49. The van der Waals surface area contributed by atoms with Crippen molar-refractivity contribution in [1.29, 1.82) is 0 Å². The van der Waals surface area contributed by atoms with Gasteiger partial charge in [0.1, 0.15) is 0 Å².